The first kappa shape index (κ1) is 16.0. The molecule has 1 aliphatic heterocycles. The standard InChI is InChI=1S/C15H21NO4S2/c1-15(2)8-10(7-13(17)18)9-16(15)22(19,20)14-6-5-12(21-14)11-3-4-11/h5-6,10-11H,3-4,7-9H2,1-2H3,(H,17,18). The molecule has 1 saturated heterocycles. The maximum Gasteiger partial charge on any atom is 0.303 e. The third-order valence-corrected chi connectivity index (χ3v) is 8.27. The Hall–Kier alpha value is -0.920. The number of hydrogen-bond donors (Lipinski definition) is 1. The molecule has 0 amide bonds. The molecule has 22 heavy (non-hydrogen) atoms. The molecule has 1 saturated carbocycles. The van der Waals surface area contributed by atoms with Gasteiger partial charge in [0, 0.05) is 23.4 Å². The third-order valence-electron chi connectivity index (χ3n) is 4.48. The summed E-state index contributed by atoms with van der Waals surface area (Å²) in [4.78, 5) is 12.1. The largest absolute Gasteiger partial charge is 0.481 e. The highest BCUT2D eigenvalue weighted by molar-refractivity contribution is 7.91. The van der Waals surface area contributed by atoms with Gasteiger partial charge in [-0.15, -0.1) is 11.3 Å². The van der Waals surface area contributed by atoms with E-state index >= 15 is 0 Å². The summed E-state index contributed by atoms with van der Waals surface area (Å²) in [7, 11) is -3.54. The minimum atomic E-state index is -3.54. The van der Waals surface area contributed by atoms with E-state index in [-0.39, 0.29) is 18.9 Å². The summed E-state index contributed by atoms with van der Waals surface area (Å²) < 4.78 is 27.7. The van der Waals surface area contributed by atoms with Crippen LogP contribution >= 0.6 is 11.3 Å². The van der Waals surface area contributed by atoms with Gasteiger partial charge in [-0.05, 0) is 57.1 Å². The van der Waals surface area contributed by atoms with Crippen molar-refractivity contribution in [3.8, 4) is 0 Å². The summed E-state index contributed by atoms with van der Waals surface area (Å²) >= 11 is 1.37. The van der Waals surface area contributed by atoms with E-state index in [2.05, 4.69) is 0 Å². The lowest BCUT2D eigenvalue weighted by Gasteiger charge is -2.29. The molecule has 0 spiro atoms. The molecule has 2 fully saturated rings. The number of carboxylic acids is 1. The quantitative estimate of drug-likeness (QED) is 0.892. The van der Waals surface area contributed by atoms with Gasteiger partial charge in [-0.3, -0.25) is 4.79 Å². The van der Waals surface area contributed by atoms with Gasteiger partial charge in [0.1, 0.15) is 4.21 Å². The molecule has 1 atom stereocenters. The Morgan fingerprint density at radius 1 is 1.41 bits per heavy atom. The highest BCUT2D eigenvalue weighted by atomic mass is 32.2. The van der Waals surface area contributed by atoms with Crippen LogP contribution in [0.3, 0.4) is 0 Å². The maximum absolute atomic E-state index is 12.9. The number of sulfonamides is 1. The Kier molecular flexibility index (Phi) is 3.86. The second-order valence-corrected chi connectivity index (χ2v) is 10.2. The van der Waals surface area contributed by atoms with Crippen molar-refractivity contribution in [3.05, 3.63) is 17.0 Å². The Bertz CT molecular complexity index is 688. The molecule has 1 unspecified atom stereocenters. The molecule has 2 heterocycles. The first-order chi connectivity index (χ1) is 10.2. The second kappa shape index (κ2) is 5.32. The zero-order valence-corrected chi connectivity index (χ0v) is 14.4. The number of aliphatic carboxylic acids is 1. The van der Waals surface area contributed by atoms with Crippen molar-refractivity contribution < 1.29 is 18.3 Å². The third kappa shape index (κ3) is 2.94. The van der Waals surface area contributed by atoms with Crippen molar-refractivity contribution in [2.75, 3.05) is 6.54 Å². The van der Waals surface area contributed by atoms with Gasteiger partial charge < -0.3 is 5.11 Å². The molecule has 2 aliphatic rings. The predicted molar refractivity (Wildman–Crippen MR) is 84.6 cm³/mol. The van der Waals surface area contributed by atoms with Gasteiger partial charge in [0.2, 0.25) is 0 Å². The summed E-state index contributed by atoms with van der Waals surface area (Å²) in [6, 6.07) is 3.63. The summed E-state index contributed by atoms with van der Waals surface area (Å²) in [5, 5.41) is 8.96. The van der Waals surface area contributed by atoms with E-state index in [0.29, 0.717) is 16.5 Å². The molecule has 3 rings (SSSR count). The Morgan fingerprint density at radius 2 is 2.09 bits per heavy atom. The van der Waals surface area contributed by atoms with Crippen molar-refractivity contribution in [3.63, 3.8) is 0 Å². The normalized spacial score (nSPS) is 25.5. The van der Waals surface area contributed by atoms with Crippen LogP contribution in [0, 0.1) is 5.92 Å². The van der Waals surface area contributed by atoms with E-state index in [1.54, 1.807) is 6.07 Å². The average molecular weight is 343 g/mol. The number of rotatable bonds is 5. The van der Waals surface area contributed by atoms with Gasteiger partial charge in [0.05, 0.1) is 0 Å². The van der Waals surface area contributed by atoms with Crippen LogP contribution in [-0.2, 0) is 14.8 Å². The fourth-order valence-electron chi connectivity index (χ4n) is 3.33. The maximum atomic E-state index is 12.9. The van der Waals surface area contributed by atoms with Crippen molar-refractivity contribution >= 4 is 27.3 Å². The molecule has 0 bridgehead atoms. The smallest absolute Gasteiger partial charge is 0.303 e. The average Bonchev–Trinajstić information content (AvgIpc) is 3.01. The van der Waals surface area contributed by atoms with E-state index in [9.17, 15) is 13.2 Å². The molecule has 0 radical (unpaired) electrons. The number of carbonyl (C=O) groups is 1. The van der Waals surface area contributed by atoms with Gasteiger partial charge in [-0.1, -0.05) is 0 Å². The molecular formula is C15H21NO4S2. The topological polar surface area (TPSA) is 74.7 Å². The number of hydrogen-bond acceptors (Lipinski definition) is 4. The van der Waals surface area contributed by atoms with Crippen LogP contribution in [0.1, 0.15) is 50.3 Å². The van der Waals surface area contributed by atoms with Gasteiger partial charge in [-0.2, -0.15) is 4.31 Å². The van der Waals surface area contributed by atoms with Crippen LogP contribution in [-0.4, -0.2) is 35.9 Å². The Balaban J connectivity index is 1.85. The van der Waals surface area contributed by atoms with Crippen LogP contribution in [0.5, 0.6) is 0 Å². The van der Waals surface area contributed by atoms with E-state index in [4.69, 9.17) is 5.11 Å². The van der Waals surface area contributed by atoms with Crippen molar-refractivity contribution in [1.29, 1.82) is 0 Å². The Labute approximate surface area is 135 Å². The van der Waals surface area contributed by atoms with E-state index in [0.717, 1.165) is 17.7 Å². The highest BCUT2D eigenvalue weighted by Gasteiger charge is 2.46. The second-order valence-electron chi connectivity index (χ2n) is 6.95. The van der Waals surface area contributed by atoms with E-state index < -0.39 is 21.5 Å². The van der Waals surface area contributed by atoms with Crippen molar-refractivity contribution in [2.24, 2.45) is 5.92 Å². The fraction of sp³-hybridized carbons (Fsp3) is 0.667. The SMILES string of the molecule is CC1(C)CC(CC(=O)O)CN1S(=O)(=O)c1ccc(C2CC2)s1. The van der Waals surface area contributed by atoms with Gasteiger partial charge in [0.25, 0.3) is 10.0 Å². The Morgan fingerprint density at radius 3 is 2.68 bits per heavy atom. The molecule has 1 aromatic rings. The molecule has 1 aliphatic carbocycles. The lowest BCUT2D eigenvalue weighted by Crippen LogP contribution is -2.42. The van der Waals surface area contributed by atoms with Gasteiger partial charge in [0.15, 0.2) is 0 Å². The van der Waals surface area contributed by atoms with Crippen molar-refractivity contribution in [1.82, 2.24) is 4.31 Å². The molecule has 5 nitrogen and oxygen atoms in total. The van der Waals surface area contributed by atoms with Crippen LogP contribution in [0.4, 0.5) is 0 Å². The van der Waals surface area contributed by atoms with Gasteiger partial charge >= 0.3 is 5.97 Å². The lowest BCUT2D eigenvalue weighted by molar-refractivity contribution is -0.138. The summed E-state index contributed by atoms with van der Waals surface area (Å²) in [6.45, 7) is 4.04. The predicted octanol–water partition coefficient (Wildman–Crippen LogP) is 2.89. The summed E-state index contributed by atoms with van der Waals surface area (Å²) in [5.74, 6) is -0.447. The minimum Gasteiger partial charge on any atom is -0.481 e. The van der Waals surface area contributed by atoms with E-state index in [1.807, 2.05) is 19.9 Å². The van der Waals surface area contributed by atoms with Gasteiger partial charge in [-0.25, -0.2) is 8.42 Å². The molecule has 1 aromatic heterocycles. The zero-order chi connectivity index (χ0) is 16.1. The summed E-state index contributed by atoms with van der Waals surface area (Å²) in [5.41, 5.74) is -0.539. The number of thiophene rings is 1. The fourth-order valence-corrected chi connectivity index (χ4v) is 6.81. The zero-order valence-electron chi connectivity index (χ0n) is 12.8. The summed E-state index contributed by atoms with van der Waals surface area (Å²) in [6.07, 6.45) is 2.90. The first-order valence-corrected chi connectivity index (χ1v) is 9.80. The van der Waals surface area contributed by atoms with E-state index in [1.165, 1.54) is 15.6 Å². The number of nitrogens with zero attached hydrogens (tertiary/aromatic N) is 1. The van der Waals surface area contributed by atoms with Crippen LogP contribution in [0.25, 0.3) is 0 Å². The molecule has 1 N–H and O–H groups in total. The monoisotopic (exact) mass is 343 g/mol. The van der Waals surface area contributed by atoms with Crippen LogP contribution < -0.4 is 0 Å². The number of carboxylic acid groups (broad SMARTS) is 1. The highest BCUT2D eigenvalue weighted by Crippen LogP contribution is 2.45. The lowest BCUT2D eigenvalue weighted by atomic mass is 9.95. The van der Waals surface area contributed by atoms with Crippen molar-refractivity contribution in [2.45, 2.75) is 55.2 Å². The minimum absolute atomic E-state index is 0.0210. The molecule has 0 aromatic carbocycles. The molecule has 122 valence electrons. The van der Waals surface area contributed by atoms with Crippen LogP contribution in [0.2, 0.25) is 0 Å². The first-order valence-electron chi connectivity index (χ1n) is 7.54. The molecular weight excluding hydrogens is 322 g/mol. The van der Waals surface area contributed by atoms with Crippen LogP contribution in [0.15, 0.2) is 16.3 Å². The molecule has 7 heteroatoms.